The quantitative estimate of drug-likeness (QED) is 0.898. The number of piperazine rings is 1. The van der Waals surface area contributed by atoms with Crippen molar-refractivity contribution in [3.05, 3.63) is 48.2 Å². The summed E-state index contributed by atoms with van der Waals surface area (Å²) in [5.41, 5.74) is 7.84. The van der Waals surface area contributed by atoms with Crippen LogP contribution in [0, 0.1) is 0 Å². The summed E-state index contributed by atoms with van der Waals surface area (Å²) >= 11 is 0. The highest BCUT2D eigenvalue weighted by Crippen LogP contribution is 2.22. The van der Waals surface area contributed by atoms with Gasteiger partial charge in [0.25, 0.3) is 5.91 Å². The second kappa shape index (κ2) is 6.66. The fraction of sp³-hybridized carbons (Fsp3) is 0.294. The van der Waals surface area contributed by atoms with Crippen molar-refractivity contribution in [3.63, 3.8) is 0 Å². The zero-order valence-electron chi connectivity index (χ0n) is 13.2. The number of nitrogens with one attached hydrogen (secondary N) is 1. The first-order valence-electron chi connectivity index (χ1n) is 7.69. The van der Waals surface area contributed by atoms with Crippen molar-refractivity contribution in [1.82, 2.24) is 9.88 Å². The van der Waals surface area contributed by atoms with E-state index in [2.05, 4.69) is 39.3 Å². The fourth-order valence-electron chi connectivity index (χ4n) is 2.66. The zero-order chi connectivity index (χ0) is 16.2. The van der Waals surface area contributed by atoms with Crippen LogP contribution in [0.15, 0.2) is 42.6 Å². The van der Waals surface area contributed by atoms with Gasteiger partial charge < -0.3 is 20.9 Å². The van der Waals surface area contributed by atoms with Crippen LogP contribution in [0.1, 0.15) is 10.4 Å². The number of hydrogen-bond donors (Lipinski definition) is 2. The molecule has 1 aliphatic rings. The summed E-state index contributed by atoms with van der Waals surface area (Å²) < 4.78 is 0. The number of hydrogen-bond acceptors (Lipinski definition) is 5. The number of benzene rings is 1. The van der Waals surface area contributed by atoms with Crippen LogP contribution >= 0.6 is 0 Å². The molecule has 23 heavy (non-hydrogen) atoms. The molecular weight excluding hydrogens is 290 g/mol. The van der Waals surface area contributed by atoms with E-state index < -0.39 is 5.91 Å². The van der Waals surface area contributed by atoms with E-state index in [1.165, 1.54) is 5.69 Å². The van der Waals surface area contributed by atoms with Crippen LogP contribution in [0.3, 0.4) is 0 Å². The first-order chi connectivity index (χ1) is 11.1. The van der Waals surface area contributed by atoms with Gasteiger partial charge >= 0.3 is 0 Å². The molecule has 0 radical (unpaired) electrons. The maximum atomic E-state index is 11.4. The summed E-state index contributed by atoms with van der Waals surface area (Å²) in [6, 6.07) is 11.5. The van der Waals surface area contributed by atoms with E-state index in [0.717, 1.165) is 31.9 Å². The number of pyridine rings is 1. The van der Waals surface area contributed by atoms with Crippen LogP contribution in [-0.2, 0) is 0 Å². The smallest absolute Gasteiger partial charge is 0.252 e. The lowest BCUT2D eigenvalue weighted by Crippen LogP contribution is -2.44. The maximum absolute atomic E-state index is 11.4. The Morgan fingerprint density at radius 2 is 1.83 bits per heavy atom. The maximum Gasteiger partial charge on any atom is 0.252 e. The average Bonchev–Trinajstić information content (AvgIpc) is 2.57. The van der Waals surface area contributed by atoms with E-state index in [1.807, 2.05) is 12.1 Å². The lowest BCUT2D eigenvalue weighted by Gasteiger charge is -2.34. The van der Waals surface area contributed by atoms with Gasteiger partial charge in [0.05, 0.1) is 5.56 Å². The largest absolute Gasteiger partial charge is 0.369 e. The normalized spacial score (nSPS) is 15.4. The van der Waals surface area contributed by atoms with Crippen LogP contribution in [0.25, 0.3) is 0 Å². The molecule has 1 saturated heterocycles. The molecule has 3 N–H and O–H groups in total. The van der Waals surface area contributed by atoms with Gasteiger partial charge in [0, 0.05) is 43.8 Å². The molecule has 3 rings (SSSR count). The Morgan fingerprint density at radius 1 is 1.13 bits per heavy atom. The molecule has 0 spiro atoms. The van der Waals surface area contributed by atoms with Crippen molar-refractivity contribution >= 4 is 23.1 Å². The molecule has 0 unspecified atom stereocenters. The van der Waals surface area contributed by atoms with Gasteiger partial charge in [-0.1, -0.05) is 0 Å². The van der Waals surface area contributed by atoms with Crippen LogP contribution in [-0.4, -0.2) is 49.0 Å². The zero-order valence-corrected chi connectivity index (χ0v) is 13.2. The van der Waals surface area contributed by atoms with Crippen molar-refractivity contribution in [3.8, 4) is 0 Å². The van der Waals surface area contributed by atoms with Gasteiger partial charge in [0.2, 0.25) is 0 Å². The van der Waals surface area contributed by atoms with E-state index >= 15 is 0 Å². The fourth-order valence-corrected chi connectivity index (χ4v) is 2.66. The number of nitrogens with two attached hydrogens (primary N) is 1. The second-order valence-corrected chi connectivity index (χ2v) is 5.73. The average molecular weight is 311 g/mol. The molecule has 120 valence electrons. The Hall–Kier alpha value is -2.60. The van der Waals surface area contributed by atoms with Crippen molar-refractivity contribution < 1.29 is 4.79 Å². The highest BCUT2D eigenvalue weighted by Gasteiger charge is 2.14. The van der Waals surface area contributed by atoms with E-state index in [-0.39, 0.29) is 0 Å². The van der Waals surface area contributed by atoms with Crippen LogP contribution in [0.5, 0.6) is 0 Å². The Balaban J connectivity index is 1.72. The minimum absolute atomic E-state index is 0.385. The molecule has 2 aromatic rings. The molecule has 1 fully saturated rings. The Morgan fingerprint density at radius 3 is 2.48 bits per heavy atom. The van der Waals surface area contributed by atoms with Gasteiger partial charge in [-0.3, -0.25) is 4.79 Å². The third-order valence-electron chi connectivity index (χ3n) is 4.07. The minimum Gasteiger partial charge on any atom is -0.369 e. The number of likely N-dealkylation sites (N-methyl/N-ethyl adjacent to an activating group) is 1. The third-order valence-corrected chi connectivity index (χ3v) is 4.07. The molecular formula is C17H21N5O. The summed E-state index contributed by atoms with van der Waals surface area (Å²) in [4.78, 5) is 20.3. The van der Waals surface area contributed by atoms with Gasteiger partial charge in [-0.05, 0) is 43.4 Å². The summed E-state index contributed by atoms with van der Waals surface area (Å²) in [6.45, 7) is 4.23. The van der Waals surface area contributed by atoms with Crippen LogP contribution < -0.4 is 16.0 Å². The lowest BCUT2D eigenvalue weighted by atomic mass is 10.2. The first-order valence-corrected chi connectivity index (χ1v) is 7.69. The van der Waals surface area contributed by atoms with Gasteiger partial charge in [-0.2, -0.15) is 0 Å². The highest BCUT2D eigenvalue weighted by molar-refractivity contribution is 5.98. The van der Waals surface area contributed by atoms with Gasteiger partial charge in [-0.15, -0.1) is 0 Å². The van der Waals surface area contributed by atoms with Crippen molar-refractivity contribution in [2.75, 3.05) is 43.4 Å². The number of aromatic nitrogens is 1. The Kier molecular flexibility index (Phi) is 4.43. The molecule has 6 heteroatoms. The molecule has 6 nitrogen and oxygen atoms in total. The number of amides is 1. The molecule has 1 aromatic carbocycles. The van der Waals surface area contributed by atoms with Crippen molar-refractivity contribution in [1.29, 1.82) is 0 Å². The van der Waals surface area contributed by atoms with Crippen molar-refractivity contribution in [2.45, 2.75) is 0 Å². The minimum atomic E-state index is -0.491. The molecule has 1 aromatic heterocycles. The third kappa shape index (κ3) is 3.60. The van der Waals surface area contributed by atoms with Gasteiger partial charge in [0.15, 0.2) is 0 Å². The highest BCUT2D eigenvalue weighted by atomic mass is 16.1. The van der Waals surface area contributed by atoms with Crippen molar-refractivity contribution in [2.24, 2.45) is 5.73 Å². The molecule has 0 atom stereocenters. The van der Waals surface area contributed by atoms with Gasteiger partial charge in [0.1, 0.15) is 5.82 Å². The standard InChI is InChI=1S/C17H21N5O/c1-21-9-11-22(12-10-21)14-6-4-13(5-7-14)20-17-15(16(18)23)3-2-8-19-17/h2-8H,9-12H2,1H3,(H2,18,23)(H,19,20). The lowest BCUT2D eigenvalue weighted by molar-refractivity contribution is 0.100. The molecule has 2 heterocycles. The van der Waals surface area contributed by atoms with Crippen LogP contribution in [0.4, 0.5) is 17.2 Å². The van der Waals surface area contributed by atoms with Crippen LogP contribution in [0.2, 0.25) is 0 Å². The van der Waals surface area contributed by atoms with E-state index in [9.17, 15) is 4.79 Å². The second-order valence-electron chi connectivity index (χ2n) is 5.73. The van der Waals surface area contributed by atoms with E-state index in [1.54, 1.807) is 18.3 Å². The molecule has 0 aliphatic carbocycles. The molecule has 1 aliphatic heterocycles. The predicted octanol–water partition coefficient (Wildman–Crippen LogP) is 1.68. The molecule has 0 bridgehead atoms. The van der Waals surface area contributed by atoms with Gasteiger partial charge in [-0.25, -0.2) is 4.98 Å². The summed E-state index contributed by atoms with van der Waals surface area (Å²) in [6.07, 6.45) is 1.63. The Labute approximate surface area is 135 Å². The SMILES string of the molecule is CN1CCN(c2ccc(Nc3ncccc3C(N)=O)cc2)CC1. The van der Waals surface area contributed by atoms with E-state index in [0.29, 0.717) is 11.4 Å². The number of anilines is 3. The number of nitrogens with zero attached hydrogens (tertiary/aromatic N) is 3. The number of rotatable bonds is 4. The monoisotopic (exact) mass is 311 g/mol. The summed E-state index contributed by atoms with van der Waals surface area (Å²) in [5.74, 6) is -0.0120. The Bertz CT molecular complexity index is 678. The predicted molar refractivity (Wildman–Crippen MR) is 92.2 cm³/mol. The molecule has 1 amide bonds. The number of primary amides is 1. The summed E-state index contributed by atoms with van der Waals surface area (Å²) in [5, 5.41) is 3.15. The topological polar surface area (TPSA) is 74.5 Å². The molecule has 0 saturated carbocycles. The first kappa shape index (κ1) is 15.3. The number of carbonyl (C=O) groups is 1. The van der Waals surface area contributed by atoms with E-state index in [4.69, 9.17) is 5.73 Å². The summed E-state index contributed by atoms with van der Waals surface area (Å²) in [7, 11) is 2.15. The number of carbonyl (C=O) groups excluding carboxylic acids is 1.